The topological polar surface area (TPSA) is 63.2 Å². The van der Waals surface area contributed by atoms with E-state index in [2.05, 4.69) is 5.32 Å². The molecule has 0 saturated heterocycles. The summed E-state index contributed by atoms with van der Waals surface area (Å²) < 4.78 is 106. The molecule has 4 nitrogen and oxygen atoms in total. The molecule has 0 aliphatic heterocycles. The van der Waals surface area contributed by atoms with Gasteiger partial charge in [0.25, 0.3) is 5.91 Å². The van der Waals surface area contributed by atoms with E-state index in [1.54, 1.807) is 0 Å². The zero-order valence-electron chi connectivity index (χ0n) is 19.1. The van der Waals surface area contributed by atoms with E-state index in [0.717, 1.165) is 30.3 Å². The Bertz CT molecular complexity index is 1270. The molecule has 2 aromatic carbocycles. The standard InChI is InChI=1S/C23H20Cl3F6NO3S/c1-3-37(35,36)11-12(2)33-21(34)15-6-4-13(8-17(15)23(30,31)32)5-7-16(22(27,28)29)14-9-18(24)20(26)19(25)10-14/h4-10,12,16H,3,11H2,1-2H3,(H,33,34)/b7-5+. The summed E-state index contributed by atoms with van der Waals surface area (Å²) in [6.45, 7) is 2.71. The quantitative estimate of drug-likeness (QED) is 0.248. The molecule has 0 saturated carbocycles. The van der Waals surface area contributed by atoms with Gasteiger partial charge >= 0.3 is 12.4 Å². The minimum atomic E-state index is -5.03. The first-order valence-corrected chi connectivity index (χ1v) is 13.4. The molecule has 0 radical (unpaired) electrons. The minimum absolute atomic E-state index is 0.151. The van der Waals surface area contributed by atoms with Gasteiger partial charge in [-0.15, -0.1) is 0 Å². The highest BCUT2D eigenvalue weighted by molar-refractivity contribution is 7.91. The molecule has 37 heavy (non-hydrogen) atoms. The molecule has 1 amide bonds. The summed E-state index contributed by atoms with van der Waals surface area (Å²) in [5.41, 5.74) is -2.87. The Labute approximate surface area is 224 Å². The van der Waals surface area contributed by atoms with Crippen LogP contribution in [0.4, 0.5) is 26.3 Å². The van der Waals surface area contributed by atoms with E-state index >= 15 is 0 Å². The monoisotopic (exact) mass is 609 g/mol. The molecule has 0 aromatic heterocycles. The first-order valence-electron chi connectivity index (χ1n) is 10.5. The third-order valence-electron chi connectivity index (χ3n) is 5.11. The molecule has 0 aliphatic rings. The van der Waals surface area contributed by atoms with Gasteiger partial charge < -0.3 is 5.32 Å². The summed E-state index contributed by atoms with van der Waals surface area (Å²) in [5, 5.41) is 1.59. The van der Waals surface area contributed by atoms with E-state index < -0.39 is 56.9 Å². The molecule has 14 heteroatoms. The van der Waals surface area contributed by atoms with Crippen molar-refractivity contribution in [2.75, 3.05) is 11.5 Å². The predicted octanol–water partition coefficient (Wildman–Crippen LogP) is 7.58. The average Bonchev–Trinajstić information content (AvgIpc) is 2.75. The summed E-state index contributed by atoms with van der Waals surface area (Å²) >= 11 is 17.4. The number of nitrogens with one attached hydrogen (secondary N) is 1. The van der Waals surface area contributed by atoms with Crippen LogP contribution in [0.15, 0.2) is 36.4 Å². The Balaban J connectivity index is 2.43. The van der Waals surface area contributed by atoms with Crippen molar-refractivity contribution < 1.29 is 39.6 Å². The maximum absolute atomic E-state index is 13.7. The zero-order chi connectivity index (χ0) is 28.3. The van der Waals surface area contributed by atoms with Gasteiger partial charge in [0, 0.05) is 11.8 Å². The van der Waals surface area contributed by atoms with E-state index in [-0.39, 0.29) is 31.9 Å². The lowest BCUT2D eigenvalue weighted by Crippen LogP contribution is -2.38. The highest BCUT2D eigenvalue weighted by Crippen LogP contribution is 2.41. The van der Waals surface area contributed by atoms with Gasteiger partial charge in [0.2, 0.25) is 0 Å². The second-order valence-electron chi connectivity index (χ2n) is 8.05. The largest absolute Gasteiger partial charge is 0.417 e. The highest BCUT2D eigenvalue weighted by Gasteiger charge is 2.40. The Morgan fingerprint density at radius 3 is 2.08 bits per heavy atom. The van der Waals surface area contributed by atoms with Gasteiger partial charge in [-0.25, -0.2) is 8.42 Å². The van der Waals surface area contributed by atoms with Crippen LogP contribution in [0.3, 0.4) is 0 Å². The number of hydrogen-bond acceptors (Lipinski definition) is 3. The fraction of sp³-hybridized carbons (Fsp3) is 0.348. The SMILES string of the molecule is CCS(=O)(=O)CC(C)NC(=O)c1ccc(/C=C/C(c2cc(Cl)c(Cl)c(Cl)c2)C(F)(F)F)cc1C(F)(F)F. The number of carbonyl (C=O) groups excluding carboxylic acids is 1. The number of amides is 1. The molecule has 204 valence electrons. The van der Waals surface area contributed by atoms with Crippen molar-refractivity contribution in [2.45, 2.75) is 38.2 Å². The highest BCUT2D eigenvalue weighted by atomic mass is 35.5. The van der Waals surface area contributed by atoms with Crippen molar-refractivity contribution in [3.8, 4) is 0 Å². The van der Waals surface area contributed by atoms with Crippen molar-refractivity contribution in [1.82, 2.24) is 5.32 Å². The lowest BCUT2D eigenvalue weighted by molar-refractivity contribution is -0.139. The number of benzene rings is 2. The average molecular weight is 611 g/mol. The molecule has 0 heterocycles. The van der Waals surface area contributed by atoms with E-state index in [0.29, 0.717) is 12.1 Å². The lowest BCUT2D eigenvalue weighted by Gasteiger charge is -2.19. The van der Waals surface area contributed by atoms with Crippen LogP contribution in [0.25, 0.3) is 6.08 Å². The number of alkyl halides is 6. The molecule has 0 aliphatic carbocycles. The molecule has 1 N–H and O–H groups in total. The lowest BCUT2D eigenvalue weighted by atomic mass is 9.96. The summed E-state index contributed by atoms with van der Waals surface area (Å²) in [7, 11) is -3.51. The van der Waals surface area contributed by atoms with Gasteiger partial charge in [-0.05, 0) is 42.3 Å². The maximum Gasteiger partial charge on any atom is 0.417 e. The Morgan fingerprint density at radius 1 is 1.03 bits per heavy atom. The number of carbonyl (C=O) groups is 1. The van der Waals surface area contributed by atoms with Crippen LogP contribution in [0.2, 0.25) is 15.1 Å². The summed E-state index contributed by atoms with van der Waals surface area (Å²) in [5.74, 6) is -4.15. The van der Waals surface area contributed by atoms with Crippen molar-refractivity contribution >= 4 is 56.6 Å². The Morgan fingerprint density at radius 2 is 1.59 bits per heavy atom. The van der Waals surface area contributed by atoms with Crippen LogP contribution >= 0.6 is 34.8 Å². The fourth-order valence-electron chi connectivity index (χ4n) is 3.31. The predicted molar refractivity (Wildman–Crippen MR) is 132 cm³/mol. The van der Waals surface area contributed by atoms with Crippen molar-refractivity contribution in [1.29, 1.82) is 0 Å². The number of rotatable bonds is 8. The van der Waals surface area contributed by atoms with Gasteiger partial charge in [-0.3, -0.25) is 4.79 Å². The molecule has 0 spiro atoms. The summed E-state index contributed by atoms with van der Waals surface area (Å²) in [6.07, 6.45) is -8.43. The third-order valence-corrected chi connectivity index (χ3v) is 8.20. The number of sulfone groups is 1. The van der Waals surface area contributed by atoms with E-state index in [9.17, 15) is 39.6 Å². The second kappa shape index (κ2) is 11.8. The van der Waals surface area contributed by atoms with Crippen molar-refractivity contribution in [3.63, 3.8) is 0 Å². The van der Waals surface area contributed by atoms with Gasteiger partial charge in [0.05, 0.1) is 37.9 Å². The van der Waals surface area contributed by atoms with Crippen LogP contribution in [0, 0.1) is 0 Å². The summed E-state index contributed by atoms with van der Waals surface area (Å²) in [4.78, 5) is 12.5. The Hall–Kier alpha value is -1.95. The van der Waals surface area contributed by atoms with Crippen LogP contribution in [-0.4, -0.2) is 38.0 Å². The number of hydrogen-bond donors (Lipinski definition) is 1. The Kier molecular flexibility index (Phi) is 10.0. The number of halogens is 9. The second-order valence-corrected chi connectivity index (χ2v) is 11.6. The molecule has 2 atom stereocenters. The van der Waals surface area contributed by atoms with Gasteiger partial charge in [0.1, 0.15) is 0 Å². The van der Waals surface area contributed by atoms with Crippen LogP contribution in [-0.2, 0) is 16.0 Å². The molecule has 0 fully saturated rings. The van der Waals surface area contributed by atoms with E-state index in [1.807, 2.05) is 0 Å². The smallest absolute Gasteiger partial charge is 0.349 e. The molecule has 2 rings (SSSR count). The van der Waals surface area contributed by atoms with Gasteiger partial charge in [-0.1, -0.05) is 59.9 Å². The number of allylic oxidation sites excluding steroid dienone is 1. The molecule has 2 unspecified atom stereocenters. The maximum atomic E-state index is 13.7. The van der Waals surface area contributed by atoms with Crippen molar-refractivity contribution in [3.05, 3.63) is 73.7 Å². The molecular formula is C23H20Cl3F6NO3S. The first kappa shape index (κ1) is 31.3. The molecule has 2 aromatic rings. The van der Waals surface area contributed by atoms with Crippen LogP contribution in [0.1, 0.15) is 46.8 Å². The minimum Gasteiger partial charge on any atom is -0.349 e. The summed E-state index contributed by atoms with van der Waals surface area (Å²) in [6, 6.07) is 3.28. The normalized spacial score (nSPS) is 14.6. The molecule has 0 bridgehead atoms. The fourth-order valence-corrected chi connectivity index (χ4v) is 5.01. The van der Waals surface area contributed by atoms with Crippen molar-refractivity contribution in [2.24, 2.45) is 0 Å². The van der Waals surface area contributed by atoms with Gasteiger partial charge in [-0.2, -0.15) is 26.3 Å². The van der Waals surface area contributed by atoms with Gasteiger partial charge in [0.15, 0.2) is 9.84 Å². The zero-order valence-corrected chi connectivity index (χ0v) is 22.2. The van der Waals surface area contributed by atoms with Crippen LogP contribution < -0.4 is 5.32 Å². The molecular weight excluding hydrogens is 591 g/mol. The third kappa shape index (κ3) is 8.53. The van der Waals surface area contributed by atoms with E-state index in [1.165, 1.54) is 13.8 Å². The first-order chi connectivity index (χ1) is 16.9. The van der Waals surface area contributed by atoms with Crippen LogP contribution in [0.5, 0.6) is 0 Å². The van der Waals surface area contributed by atoms with E-state index in [4.69, 9.17) is 34.8 Å².